The Hall–Kier alpha value is -2.70. The van der Waals surface area contributed by atoms with E-state index in [-0.39, 0.29) is 0 Å². The molecule has 3 aromatic rings. The molecule has 2 N–H and O–H groups in total. The Bertz CT molecular complexity index is 1010. The molecule has 0 aromatic carbocycles. The highest BCUT2D eigenvalue weighted by molar-refractivity contribution is 5.62. The molecule has 0 amide bonds. The molecule has 7 nitrogen and oxygen atoms in total. The average Bonchev–Trinajstić information content (AvgIpc) is 3.09. The smallest absolute Gasteiger partial charge is 0.313 e. The van der Waals surface area contributed by atoms with Crippen molar-refractivity contribution in [2.75, 3.05) is 0 Å². The molecule has 3 heterocycles. The van der Waals surface area contributed by atoms with Crippen LogP contribution in [-0.4, -0.2) is 24.6 Å². The summed E-state index contributed by atoms with van der Waals surface area (Å²) < 4.78 is 1.71. The fourth-order valence-electron chi connectivity index (χ4n) is 3.44. The van der Waals surface area contributed by atoms with Gasteiger partial charge in [0, 0.05) is 24.2 Å². The number of aromatic amines is 2. The molecule has 1 saturated carbocycles. The minimum Gasteiger partial charge on any atom is -0.313 e. The lowest BCUT2D eigenvalue weighted by Gasteiger charge is -2.08. The highest BCUT2D eigenvalue weighted by Gasteiger charge is 2.40. The third-order valence-corrected chi connectivity index (χ3v) is 4.58. The second kappa shape index (κ2) is 5.43. The molecule has 0 bridgehead atoms. The van der Waals surface area contributed by atoms with Crippen LogP contribution < -0.4 is 11.2 Å². The van der Waals surface area contributed by atoms with E-state index in [2.05, 4.69) is 33.9 Å². The zero-order valence-corrected chi connectivity index (χ0v) is 13.6. The molecule has 0 saturated heterocycles. The van der Waals surface area contributed by atoms with Gasteiger partial charge in [0.15, 0.2) is 5.65 Å². The van der Waals surface area contributed by atoms with E-state index < -0.39 is 11.2 Å². The maximum Gasteiger partial charge on any atom is 0.325 e. The molecule has 0 aliphatic heterocycles. The van der Waals surface area contributed by atoms with Gasteiger partial charge in [0.2, 0.25) is 0 Å². The van der Waals surface area contributed by atoms with Crippen LogP contribution in [0, 0.1) is 11.8 Å². The first-order valence-corrected chi connectivity index (χ1v) is 8.19. The lowest BCUT2D eigenvalue weighted by molar-refractivity contribution is 0.532. The van der Waals surface area contributed by atoms with E-state index >= 15 is 0 Å². The van der Waals surface area contributed by atoms with Crippen LogP contribution in [0.15, 0.2) is 34.2 Å². The van der Waals surface area contributed by atoms with Crippen molar-refractivity contribution in [1.82, 2.24) is 24.6 Å². The average molecular weight is 325 g/mol. The summed E-state index contributed by atoms with van der Waals surface area (Å²) in [5.74, 6) is 1.79. The summed E-state index contributed by atoms with van der Waals surface area (Å²) >= 11 is 0. The van der Waals surface area contributed by atoms with Crippen molar-refractivity contribution in [1.29, 1.82) is 0 Å². The number of fused-ring (bicyclic) bond motifs is 1. The van der Waals surface area contributed by atoms with E-state index in [4.69, 9.17) is 0 Å². The van der Waals surface area contributed by atoms with E-state index in [0.717, 1.165) is 17.6 Å². The Kier molecular flexibility index (Phi) is 3.37. The van der Waals surface area contributed by atoms with E-state index in [1.54, 1.807) is 16.9 Å². The van der Waals surface area contributed by atoms with Crippen molar-refractivity contribution < 1.29 is 0 Å². The molecule has 3 aromatic heterocycles. The summed E-state index contributed by atoms with van der Waals surface area (Å²) in [7, 11) is 0. The van der Waals surface area contributed by atoms with E-state index in [0.29, 0.717) is 29.0 Å². The molecule has 1 aliphatic rings. The van der Waals surface area contributed by atoms with Crippen molar-refractivity contribution >= 4 is 5.65 Å². The van der Waals surface area contributed by atoms with Gasteiger partial charge in [-0.15, -0.1) is 0 Å². The van der Waals surface area contributed by atoms with Crippen molar-refractivity contribution in [3.63, 3.8) is 0 Å². The summed E-state index contributed by atoms with van der Waals surface area (Å²) in [6, 6.07) is 1.94. The van der Waals surface area contributed by atoms with Crippen LogP contribution in [0.3, 0.4) is 0 Å². The van der Waals surface area contributed by atoms with Crippen LogP contribution in [0.2, 0.25) is 0 Å². The number of rotatable bonds is 4. The molecule has 24 heavy (non-hydrogen) atoms. The molecular formula is C17H19N5O2. The van der Waals surface area contributed by atoms with Gasteiger partial charge in [-0.3, -0.25) is 9.78 Å². The molecule has 2 atom stereocenters. The summed E-state index contributed by atoms with van der Waals surface area (Å²) in [5.41, 5.74) is 1.91. The molecule has 1 fully saturated rings. The molecule has 2 unspecified atom stereocenters. The Balaban J connectivity index is 1.81. The van der Waals surface area contributed by atoms with Crippen molar-refractivity contribution in [2.45, 2.75) is 32.6 Å². The fraction of sp³-hybridized carbons (Fsp3) is 0.412. The highest BCUT2D eigenvalue weighted by Crippen LogP contribution is 2.52. The topological polar surface area (TPSA) is 95.9 Å². The molecule has 7 heteroatoms. The van der Waals surface area contributed by atoms with Gasteiger partial charge < -0.3 is 4.98 Å². The lowest BCUT2D eigenvalue weighted by atomic mass is 10.0. The number of H-pyrrole nitrogens is 2. The maximum absolute atomic E-state index is 12.1. The first-order chi connectivity index (χ1) is 11.5. The Morgan fingerprint density at radius 1 is 1.38 bits per heavy atom. The van der Waals surface area contributed by atoms with E-state index in [1.165, 1.54) is 12.6 Å². The first-order valence-electron chi connectivity index (χ1n) is 8.19. The molecule has 0 radical (unpaired) electrons. The monoisotopic (exact) mass is 325 g/mol. The largest absolute Gasteiger partial charge is 0.325 e. The van der Waals surface area contributed by atoms with Crippen molar-refractivity contribution in [3.05, 3.63) is 51.1 Å². The van der Waals surface area contributed by atoms with Crippen LogP contribution >= 0.6 is 0 Å². The zero-order chi connectivity index (χ0) is 16.8. The normalized spacial score (nSPS) is 20.0. The third kappa shape index (κ3) is 2.55. The van der Waals surface area contributed by atoms with Crippen LogP contribution in [0.1, 0.15) is 38.2 Å². The van der Waals surface area contributed by atoms with Gasteiger partial charge in [0.25, 0.3) is 5.56 Å². The van der Waals surface area contributed by atoms with E-state index in [1.807, 2.05) is 6.07 Å². The number of aromatic nitrogens is 5. The minimum absolute atomic E-state index is 0.354. The SMILES string of the molecule is CC(C)CC1CC1c1cc(-c2c[nH]c(=O)[nH]c2=O)nn2ccnc12. The van der Waals surface area contributed by atoms with Gasteiger partial charge >= 0.3 is 5.69 Å². The number of hydrogen-bond acceptors (Lipinski definition) is 4. The van der Waals surface area contributed by atoms with Gasteiger partial charge in [-0.2, -0.15) is 5.10 Å². The predicted octanol–water partition coefficient (Wildman–Crippen LogP) is 1.92. The molecule has 1 aliphatic carbocycles. The standard InChI is InChI=1S/C17H19N5O2/c1-9(2)5-10-6-11(10)12-7-14(21-22-4-3-18-15(12)22)13-8-19-17(24)20-16(13)23/h3-4,7-11H,5-6H2,1-2H3,(H2,19,20,23,24). The fourth-order valence-corrected chi connectivity index (χ4v) is 3.44. The summed E-state index contributed by atoms with van der Waals surface area (Å²) in [6.07, 6.45) is 7.24. The van der Waals surface area contributed by atoms with Crippen molar-refractivity contribution in [2.24, 2.45) is 11.8 Å². The van der Waals surface area contributed by atoms with Gasteiger partial charge in [-0.25, -0.2) is 14.3 Å². The van der Waals surface area contributed by atoms with Crippen LogP contribution in [0.4, 0.5) is 0 Å². The number of hydrogen-bond donors (Lipinski definition) is 2. The molecule has 124 valence electrons. The Labute approximate surface area is 137 Å². The predicted molar refractivity (Wildman–Crippen MR) is 90.0 cm³/mol. The van der Waals surface area contributed by atoms with Crippen LogP contribution in [0.25, 0.3) is 16.9 Å². The van der Waals surface area contributed by atoms with Crippen LogP contribution in [0.5, 0.6) is 0 Å². The van der Waals surface area contributed by atoms with Gasteiger partial charge in [0.05, 0.1) is 11.3 Å². The van der Waals surface area contributed by atoms with E-state index in [9.17, 15) is 9.59 Å². The summed E-state index contributed by atoms with van der Waals surface area (Å²) in [5, 5.41) is 4.46. The summed E-state index contributed by atoms with van der Waals surface area (Å²) in [4.78, 5) is 32.5. The second-order valence-electron chi connectivity index (χ2n) is 6.90. The van der Waals surface area contributed by atoms with Gasteiger partial charge in [0.1, 0.15) is 0 Å². The Morgan fingerprint density at radius 3 is 2.96 bits per heavy atom. The minimum atomic E-state index is -0.521. The quantitative estimate of drug-likeness (QED) is 0.766. The first kappa shape index (κ1) is 14.9. The third-order valence-electron chi connectivity index (χ3n) is 4.58. The summed E-state index contributed by atoms with van der Waals surface area (Å²) in [6.45, 7) is 4.47. The number of nitrogens with zero attached hydrogens (tertiary/aromatic N) is 3. The zero-order valence-electron chi connectivity index (χ0n) is 13.6. The second-order valence-corrected chi connectivity index (χ2v) is 6.90. The molecule has 0 spiro atoms. The number of nitrogens with one attached hydrogen (secondary N) is 2. The van der Waals surface area contributed by atoms with Crippen LogP contribution in [-0.2, 0) is 0 Å². The van der Waals surface area contributed by atoms with Gasteiger partial charge in [-0.1, -0.05) is 13.8 Å². The highest BCUT2D eigenvalue weighted by atomic mass is 16.2. The number of imidazole rings is 1. The lowest BCUT2D eigenvalue weighted by Crippen LogP contribution is -2.23. The van der Waals surface area contributed by atoms with Gasteiger partial charge in [-0.05, 0) is 36.7 Å². The van der Waals surface area contributed by atoms with Crippen molar-refractivity contribution in [3.8, 4) is 11.3 Å². The molecular weight excluding hydrogens is 306 g/mol. The maximum atomic E-state index is 12.1. The molecule has 4 rings (SSSR count). The Morgan fingerprint density at radius 2 is 2.21 bits per heavy atom.